The minimum Gasteiger partial charge on any atom is -0.355 e. The van der Waals surface area contributed by atoms with Gasteiger partial charge in [-0.2, -0.15) is 0 Å². The number of halogens is 1. The third-order valence-corrected chi connectivity index (χ3v) is 7.44. The molecule has 0 saturated heterocycles. The monoisotopic (exact) mass is 571 g/mol. The second-order valence-electron chi connectivity index (χ2n) is 10.6. The van der Waals surface area contributed by atoms with Crippen LogP contribution in [0.1, 0.15) is 42.7 Å². The molecule has 0 N–H and O–H groups in total. The van der Waals surface area contributed by atoms with E-state index in [1.807, 2.05) is 79.4 Å². The molecule has 0 bridgehead atoms. The first-order valence-corrected chi connectivity index (χ1v) is 14.3. The second kappa shape index (κ2) is 13.0. The first kappa shape index (κ1) is 28.4. The van der Waals surface area contributed by atoms with Crippen molar-refractivity contribution in [1.82, 2.24) is 15.0 Å². The zero-order valence-electron chi connectivity index (χ0n) is 23.4. The van der Waals surface area contributed by atoms with Gasteiger partial charge in [0, 0.05) is 62.7 Å². The van der Waals surface area contributed by atoms with E-state index in [1.54, 1.807) is 23.2 Å². The topological polar surface area (TPSA) is 82.8 Å². The van der Waals surface area contributed by atoms with Crippen LogP contribution < -0.4 is 9.80 Å². The zero-order valence-corrected chi connectivity index (χ0v) is 24.1. The molecule has 3 heterocycles. The van der Waals surface area contributed by atoms with Crippen molar-refractivity contribution >= 4 is 34.9 Å². The fourth-order valence-electron chi connectivity index (χ4n) is 5.07. The highest BCUT2D eigenvalue weighted by atomic mass is 35.5. The highest BCUT2D eigenvalue weighted by molar-refractivity contribution is 6.33. The van der Waals surface area contributed by atoms with E-state index < -0.39 is 0 Å². The Hall–Kier alpha value is -4.17. The van der Waals surface area contributed by atoms with Crippen molar-refractivity contribution in [2.75, 3.05) is 36.0 Å². The third kappa shape index (κ3) is 6.77. The number of carbonyl (C=O) groups excluding carboxylic acids is 2. The molecular formula is C32H34ClN5O3. The lowest BCUT2D eigenvalue weighted by Crippen LogP contribution is -2.39. The van der Waals surface area contributed by atoms with E-state index in [-0.39, 0.29) is 23.4 Å². The lowest BCUT2D eigenvalue weighted by Gasteiger charge is -2.28. The van der Waals surface area contributed by atoms with E-state index in [0.717, 1.165) is 23.5 Å². The Balaban J connectivity index is 1.50. The van der Waals surface area contributed by atoms with Crippen LogP contribution in [0.5, 0.6) is 0 Å². The van der Waals surface area contributed by atoms with E-state index in [9.17, 15) is 9.59 Å². The highest BCUT2D eigenvalue weighted by Gasteiger charge is 2.26. The molecule has 0 spiro atoms. The van der Waals surface area contributed by atoms with Crippen LogP contribution in [0.3, 0.4) is 0 Å². The maximum Gasteiger partial charge on any atom is 0.276 e. The van der Waals surface area contributed by atoms with E-state index in [2.05, 4.69) is 15.0 Å². The van der Waals surface area contributed by atoms with Gasteiger partial charge in [-0.3, -0.25) is 9.59 Å². The number of benzene rings is 2. The number of carbonyl (C=O) groups is 2. The maximum absolute atomic E-state index is 13.9. The van der Waals surface area contributed by atoms with Gasteiger partial charge in [-0.25, -0.2) is 4.98 Å². The summed E-state index contributed by atoms with van der Waals surface area (Å²) in [6, 6.07) is 22.6. The standard InChI is InChI=1S/C32H34ClN5O3/c1-23(2)20-31(39)38-17-9-16-36(30-14-7-8-15-34-30)18-19-37(22-24-10-3-6-13-28(24)38)32(40)27-21-29(41-35-27)25-11-4-5-12-26(25)33/h3-8,10-15,21,23H,9,16-20,22H2,1-2H3. The van der Waals surface area contributed by atoms with Gasteiger partial charge in [0.1, 0.15) is 5.82 Å². The molecule has 41 heavy (non-hydrogen) atoms. The Morgan fingerprint density at radius 1 is 0.951 bits per heavy atom. The molecule has 8 nitrogen and oxygen atoms in total. The second-order valence-corrected chi connectivity index (χ2v) is 11.0. The Kier molecular flexibility index (Phi) is 8.99. The van der Waals surface area contributed by atoms with Crippen LogP contribution in [0, 0.1) is 5.92 Å². The Morgan fingerprint density at radius 2 is 1.73 bits per heavy atom. The van der Waals surface area contributed by atoms with Crippen molar-refractivity contribution in [3.63, 3.8) is 0 Å². The summed E-state index contributed by atoms with van der Waals surface area (Å²) in [5.41, 5.74) is 2.60. The summed E-state index contributed by atoms with van der Waals surface area (Å²) in [6.07, 6.45) is 2.97. The van der Waals surface area contributed by atoms with Gasteiger partial charge >= 0.3 is 0 Å². The molecule has 0 saturated carbocycles. The fraction of sp³-hybridized carbons (Fsp3) is 0.312. The van der Waals surface area contributed by atoms with E-state index >= 15 is 0 Å². The molecule has 2 aromatic heterocycles. The molecule has 0 radical (unpaired) electrons. The smallest absolute Gasteiger partial charge is 0.276 e. The average molecular weight is 572 g/mol. The molecular weight excluding hydrogens is 538 g/mol. The average Bonchev–Trinajstić information content (AvgIpc) is 3.45. The van der Waals surface area contributed by atoms with Crippen LogP contribution in [0.4, 0.5) is 11.5 Å². The Labute approximate surface area is 245 Å². The van der Waals surface area contributed by atoms with Gasteiger partial charge in [0.15, 0.2) is 11.5 Å². The van der Waals surface area contributed by atoms with Gasteiger partial charge in [0.25, 0.3) is 5.91 Å². The molecule has 0 aliphatic carbocycles. The quantitative estimate of drug-likeness (QED) is 0.279. The fourth-order valence-corrected chi connectivity index (χ4v) is 5.30. The number of fused-ring (bicyclic) bond motifs is 1. The van der Waals surface area contributed by atoms with Crippen molar-refractivity contribution in [2.45, 2.75) is 33.2 Å². The highest BCUT2D eigenvalue weighted by Crippen LogP contribution is 2.29. The Bertz CT molecular complexity index is 1490. The van der Waals surface area contributed by atoms with Crippen LogP contribution in [0.15, 0.2) is 83.5 Å². The van der Waals surface area contributed by atoms with E-state index in [1.165, 1.54) is 0 Å². The molecule has 1 aliphatic heterocycles. The van der Waals surface area contributed by atoms with Gasteiger partial charge in [-0.15, -0.1) is 0 Å². The van der Waals surface area contributed by atoms with Gasteiger partial charge in [-0.1, -0.05) is 67.0 Å². The molecule has 4 aromatic rings. The first-order chi connectivity index (χ1) is 19.9. The molecule has 212 valence electrons. The Morgan fingerprint density at radius 3 is 2.51 bits per heavy atom. The van der Waals surface area contributed by atoms with Crippen LogP contribution in [0.25, 0.3) is 11.3 Å². The third-order valence-electron chi connectivity index (χ3n) is 7.11. The maximum atomic E-state index is 13.9. The van der Waals surface area contributed by atoms with Gasteiger partial charge in [-0.05, 0) is 48.2 Å². The van der Waals surface area contributed by atoms with Crippen molar-refractivity contribution in [1.29, 1.82) is 0 Å². The van der Waals surface area contributed by atoms with Crippen molar-refractivity contribution in [3.8, 4) is 11.3 Å². The number of anilines is 2. The summed E-state index contributed by atoms with van der Waals surface area (Å²) in [5, 5.41) is 4.63. The minimum atomic E-state index is -0.262. The normalized spacial score (nSPS) is 14.5. The predicted molar refractivity (Wildman–Crippen MR) is 161 cm³/mol. The van der Waals surface area contributed by atoms with Crippen LogP contribution in [-0.4, -0.2) is 53.0 Å². The van der Waals surface area contributed by atoms with Gasteiger partial charge < -0.3 is 19.2 Å². The van der Waals surface area contributed by atoms with Gasteiger partial charge in [0.2, 0.25) is 5.91 Å². The minimum absolute atomic E-state index is 0.0786. The number of nitrogens with zero attached hydrogens (tertiary/aromatic N) is 5. The number of para-hydroxylation sites is 1. The summed E-state index contributed by atoms with van der Waals surface area (Å²) in [5.74, 6) is 1.31. The van der Waals surface area contributed by atoms with Crippen molar-refractivity contribution < 1.29 is 14.1 Å². The summed E-state index contributed by atoms with van der Waals surface area (Å²) in [6.45, 7) is 6.67. The summed E-state index contributed by atoms with van der Waals surface area (Å²) >= 11 is 6.36. The summed E-state index contributed by atoms with van der Waals surface area (Å²) in [4.78, 5) is 37.8. The molecule has 0 atom stereocenters. The molecule has 2 aromatic carbocycles. The zero-order chi connectivity index (χ0) is 28.8. The molecule has 1 aliphatic rings. The number of aromatic nitrogens is 2. The number of hydrogen-bond donors (Lipinski definition) is 0. The lowest BCUT2D eigenvalue weighted by atomic mass is 10.1. The summed E-state index contributed by atoms with van der Waals surface area (Å²) in [7, 11) is 0. The van der Waals surface area contributed by atoms with E-state index in [0.29, 0.717) is 55.5 Å². The van der Waals surface area contributed by atoms with Crippen molar-refractivity contribution in [2.24, 2.45) is 5.92 Å². The summed E-state index contributed by atoms with van der Waals surface area (Å²) < 4.78 is 5.55. The molecule has 0 unspecified atom stereocenters. The molecule has 9 heteroatoms. The predicted octanol–water partition coefficient (Wildman–Crippen LogP) is 6.32. The number of amides is 2. The first-order valence-electron chi connectivity index (χ1n) is 14.0. The van der Waals surface area contributed by atoms with Gasteiger partial charge in [0.05, 0.1) is 5.02 Å². The largest absolute Gasteiger partial charge is 0.355 e. The van der Waals surface area contributed by atoms with Crippen LogP contribution in [0.2, 0.25) is 5.02 Å². The SMILES string of the molecule is CC(C)CC(=O)N1CCCN(c2ccccn2)CCN(C(=O)c2cc(-c3ccccc3Cl)on2)Cc2ccccc21. The lowest BCUT2D eigenvalue weighted by molar-refractivity contribution is -0.119. The molecule has 5 rings (SSSR count). The van der Waals surface area contributed by atoms with Crippen LogP contribution in [-0.2, 0) is 11.3 Å². The van der Waals surface area contributed by atoms with Crippen LogP contribution >= 0.6 is 11.6 Å². The number of rotatable bonds is 5. The number of hydrogen-bond acceptors (Lipinski definition) is 6. The molecule has 0 fully saturated rings. The van der Waals surface area contributed by atoms with Crippen molar-refractivity contribution in [3.05, 3.63) is 95.3 Å². The number of pyridine rings is 1. The van der Waals surface area contributed by atoms with E-state index in [4.69, 9.17) is 16.1 Å². The molecule has 2 amide bonds.